The molecule has 0 radical (unpaired) electrons. The molecule has 3 rings (SSSR count). The van der Waals surface area contributed by atoms with Crippen LogP contribution in [0.25, 0.3) is 0 Å². The van der Waals surface area contributed by atoms with E-state index in [4.69, 9.17) is 4.74 Å². The van der Waals surface area contributed by atoms with Crippen molar-refractivity contribution in [3.8, 4) is 5.88 Å². The lowest BCUT2D eigenvalue weighted by molar-refractivity contribution is 0.0234. The summed E-state index contributed by atoms with van der Waals surface area (Å²) in [5.41, 5.74) is 1.68. The van der Waals surface area contributed by atoms with E-state index in [-0.39, 0.29) is 29.8 Å². The maximum Gasteiger partial charge on any atom is 0.251 e. The van der Waals surface area contributed by atoms with Crippen LogP contribution >= 0.6 is 0 Å². The number of nitrogens with zero attached hydrogens (tertiary/aromatic N) is 1. The molecule has 6 heteroatoms. The third-order valence-electron chi connectivity index (χ3n) is 4.66. The van der Waals surface area contributed by atoms with Crippen molar-refractivity contribution in [2.24, 2.45) is 5.92 Å². The number of ether oxygens (including phenoxy) is 1. The Morgan fingerprint density at radius 3 is 2.68 bits per heavy atom. The van der Waals surface area contributed by atoms with Gasteiger partial charge in [-0.25, -0.2) is 9.37 Å². The molecule has 1 atom stereocenters. The molecule has 1 aliphatic rings. The second-order valence-corrected chi connectivity index (χ2v) is 6.43. The third kappa shape index (κ3) is 3.79. The highest BCUT2D eigenvalue weighted by molar-refractivity contribution is 5.94. The van der Waals surface area contributed by atoms with E-state index in [1.54, 1.807) is 26.3 Å². The Morgan fingerprint density at radius 1 is 1.36 bits per heavy atom. The quantitative estimate of drug-likeness (QED) is 0.875. The number of rotatable bonds is 5. The number of aliphatic hydroxyl groups is 1. The van der Waals surface area contributed by atoms with Crippen molar-refractivity contribution in [1.29, 1.82) is 0 Å². The molecule has 5 nitrogen and oxygen atoms in total. The number of nitrogens with one attached hydrogen (secondary N) is 1. The number of hydrogen-bond donors (Lipinski definition) is 2. The fourth-order valence-electron chi connectivity index (χ4n) is 3.08. The summed E-state index contributed by atoms with van der Waals surface area (Å²) in [6.45, 7) is 1.62. The van der Waals surface area contributed by atoms with Crippen molar-refractivity contribution in [1.82, 2.24) is 10.3 Å². The second-order valence-electron chi connectivity index (χ2n) is 6.43. The lowest BCUT2D eigenvalue weighted by atomic mass is 9.75. The average molecular weight is 344 g/mol. The number of pyridine rings is 1. The Hall–Kier alpha value is -2.47. The van der Waals surface area contributed by atoms with E-state index in [0.29, 0.717) is 29.8 Å². The van der Waals surface area contributed by atoms with E-state index in [1.165, 1.54) is 18.2 Å². The van der Waals surface area contributed by atoms with Crippen LogP contribution in [-0.4, -0.2) is 29.2 Å². The lowest BCUT2D eigenvalue weighted by Gasteiger charge is -2.38. The van der Waals surface area contributed by atoms with Gasteiger partial charge in [-0.05, 0) is 55.0 Å². The molecule has 0 saturated heterocycles. The number of methoxy groups -OCH3 is 1. The molecule has 1 aliphatic carbocycles. The van der Waals surface area contributed by atoms with Crippen LogP contribution in [0.5, 0.6) is 5.88 Å². The first-order chi connectivity index (χ1) is 12.0. The zero-order valence-corrected chi connectivity index (χ0v) is 14.2. The van der Waals surface area contributed by atoms with Gasteiger partial charge in [-0.2, -0.15) is 0 Å². The molecular weight excluding hydrogens is 323 g/mol. The molecule has 1 heterocycles. The number of amides is 1. The van der Waals surface area contributed by atoms with Crippen LogP contribution < -0.4 is 10.1 Å². The topological polar surface area (TPSA) is 71.5 Å². The van der Waals surface area contributed by atoms with Gasteiger partial charge in [0.2, 0.25) is 5.88 Å². The number of aryl methyl sites for hydroxylation is 1. The van der Waals surface area contributed by atoms with Gasteiger partial charge in [0.1, 0.15) is 5.82 Å². The third-order valence-corrected chi connectivity index (χ3v) is 4.66. The fourth-order valence-corrected chi connectivity index (χ4v) is 3.08. The molecule has 2 N–H and O–H groups in total. The molecule has 1 saturated carbocycles. The summed E-state index contributed by atoms with van der Waals surface area (Å²) < 4.78 is 18.5. The monoisotopic (exact) mass is 344 g/mol. The van der Waals surface area contributed by atoms with Crippen molar-refractivity contribution in [3.05, 3.63) is 59.0 Å². The second kappa shape index (κ2) is 7.19. The van der Waals surface area contributed by atoms with E-state index in [0.717, 1.165) is 5.56 Å². The first kappa shape index (κ1) is 17.4. The number of carbonyl (C=O) groups is 1. The summed E-state index contributed by atoms with van der Waals surface area (Å²) in [4.78, 5) is 16.8. The van der Waals surface area contributed by atoms with Gasteiger partial charge in [-0.15, -0.1) is 0 Å². The molecule has 1 aromatic carbocycles. The molecule has 25 heavy (non-hydrogen) atoms. The molecule has 0 aliphatic heterocycles. The van der Waals surface area contributed by atoms with Crippen LogP contribution in [0.15, 0.2) is 36.5 Å². The van der Waals surface area contributed by atoms with E-state index < -0.39 is 0 Å². The van der Waals surface area contributed by atoms with E-state index in [9.17, 15) is 14.3 Å². The lowest BCUT2D eigenvalue weighted by Crippen LogP contribution is -2.41. The highest BCUT2D eigenvalue weighted by Crippen LogP contribution is 2.38. The molecule has 1 fully saturated rings. The zero-order chi connectivity index (χ0) is 18.0. The van der Waals surface area contributed by atoms with Crippen LogP contribution in [0.1, 0.15) is 40.4 Å². The fraction of sp³-hybridized carbons (Fsp3) is 0.368. The van der Waals surface area contributed by atoms with Gasteiger partial charge in [0.15, 0.2) is 0 Å². The number of carbonyl (C=O) groups excluding carboxylic acids is 1. The first-order valence-corrected chi connectivity index (χ1v) is 8.23. The summed E-state index contributed by atoms with van der Waals surface area (Å²) in [6, 6.07) is 7.63. The number of aliphatic hydroxyl groups excluding tert-OH is 1. The van der Waals surface area contributed by atoms with Crippen molar-refractivity contribution in [3.63, 3.8) is 0 Å². The van der Waals surface area contributed by atoms with Crippen LogP contribution in [-0.2, 0) is 0 Å². The zero-order valence-electron chi connectivity index (χ0n) is 14.2. The molecule has 1 unspecified atom stereocenters. The Kier molecular flexibility index (Phi) is 4.99. The summed E-state index contributed by atoms with van der Waals surface area (Å²) in [6.07, 6.45) is 2.59. The molecule has 132 valence electrons. The molecule has 1 aromatic heterocycles. The van der Waals surface area contributed by atoms with Crippen molar-refractivity contribution in [2.75, 3.05) is 7.11 Å². The number of benzene rings is 1. The van der Waals surface area contributed by atoms with Crippen molar-refractivity contribution < 1.29 is 19.0 Å². The standard InChI is InChI=1S/C19H21FN2O3/c1-11-7-12(3-5-16(11)20)19(24)22-18(14-8-15(23)9-14)13-4-6-17(25-2)21-10-13/h3-7,10,14-15,18,23H,8-9H2,1-2H3,(H,22,24). The maximum absolute atomic E-state index is 13.4. The predicted octanol–water partition coefficient (Wildman–Crippen LogP) is 2.78. The van der Waals surface area contributed by atoms with E-state index >= 15 is 0 Å². The van der Waals surface area contributed by atoms with Gasteiger partial charge in [0.25, 0.3) is 5.91 Å². The Morgan fingerprint density at radius 2 is 2.12 bits per heavy atom. The number of aromatic nitrogens is 1. The smallest absolute Gasteiger partial charge is 0.251 e. The van der Waals surface area contributed by atoms with Crippen LogP contribution in [0.2, 0.25) is 0 Å². The van der Waals surface area contributed by atoms with Gasteiger partial charge >= 0.3 is 0 Å². The van der Waals surface area contributed by atoms with Gasteiger partial charge in [-0.1, -0.05) is 6.07 Å². The minimum absolute atomic E-state index is 0.135. The van der Waals surface area contributed by atoms with Gasteiger partial charge < -0.3 is 15.2 Å². The largest absolute Gasteiger partial charge is 0.481 e. The van der Waals surface area contributed by atoms with E-state index in [1.807, 2.05) is 6.07 Å². The SMILES string of the molecule is COc1ccc(C(NC(=O)c2ccc(F)c(C)c2)C2CC(O)C2)cn1. The van der Waals surface area contributed by atoms with Crippen LogP contribution in [0.4, 0.5) is 4.39 Å². The molecular formula is C19H21FN2O3. The average Bonchev–Trinajstić information content (AvgIpc) is 2.59. The number of halogens is 1. The summed E-state index contributed by atoms with van der Waals surface area (Å²) in [7, 11) is 1.54. The number of hydrogen-bond acceptors (Lipinski definition) is 4. The Balaban J connectivity index is 1.81. The van der Waals surface area contributed by atoms with Crippen LogP contribution in [0, 0.1) is 18.7 Å². The minimum atomic E-state index is -0.338. The first-order valence-electron chi connectivity index (χ1n) is 8.23. The maximum atomic E-state index is 13.4. The molecule has 0 spiro atoms. The summed E-state index contributed by atoms with van der Waals surface area (Å²) in [5.74, 6) is 0.0206. The normalized spacial score (nSPS) is 20.5. The minimum Gasteiger partial charge on any atom is -0.481 e. The van der Waals surface area contributed by atoms with E-state index in [2.05, 4.69) is 10.3 Å². The Bertz CT molecular complexity index is 758. The van der Waals surface area contributed by atoms with Crippen LogP contribution in [0.3, 0.4) is 0 Å². The van der Waals surface area contributed by atoms with Crippen molar-refractivity contribution in [2.45, 2.75) is 31.9 Å². The Labute approximate surface area is 145 Å². The molecule has 1 amide bonds. The summed E-state index contributed by atoms with van der Waals surface area (Å²) >= 11 is 0. The predicted molar refractivity (Wildman–Crippen MR) is 90.9 cm³/mol. The highest BCUT2D eigenvalue weighted by atomic mass is 19.1. The van der Waals surface area contributed by atoms with Gasteiger partial charge in [0.05, 0.1) is 19.3 Å². The molecule has 2 aromatic rings. The highest BCUT2D eigenvalue weighted by Gasteiger charge is 2.36. The molecule has 0 bridgehead atoms. The summed E-state index contributed by atoms with van der Waals surface area (Å²) in [5, 5.41) is 12.6. The van der Waals surface area contributed by atoms with Gasteiger partial charge in [-0.3, -0.25) is 4.79 Å². The van der Waals surface area contributed by atoms with Gasteiger partial charge in [0, 0.05) is 17.8 Å². The van der Waals surface area contributed by atoms with Crippen molar-refractivity contribution >= 4 is 5.91 Å².